The van der Waals surface area contributed by atoms with Gasteiger partial charge in [0.15, 0.2) is 22.1 Å². The lowest BCUT2D eigenvalue weighted by atomic mass is 9.98. The molecule has 0 N–H and O–H groups in total. The molecule has 6 rings (SSSR count). The lowest BCUT2D eigenvalue weighted by molar-refractivity contribution is 0.0971. The molecule has 3 heterocycles. The summed E-state index contributed by atoms with van der Waals surface area (Å²) >= 11 is 1.42. The molecular formula is C29H24N2O5S. The number of amides is 1. The van der Waals surface area contributed by atoms with E-state index in [-0.39, 0.29) is 11.2 Å². The van der Waals surface area contributed by atoms with E-state index in [9.17, 15) is 9.59 Å². The zero-order chi connectivity index (χ0) is 26.0. The smallest absolute Gasteiger partial charge is 0.297 e. The Labute approximate surface area is 216 Å². The molecule has 7 nitrogen and oxygen atoms in total. The highest BCUT2D eigenvalue weighted by atomic mass is 32.1. The third-order valence-electron chi connectivity index (χ3n) is 6.77. The molecule has 0 radical (unpaired) electrons. The molecule has 0 aliphatic carbocycles. The van der Waals surface area contributed by atoms with Crippen molar-refractivity contribution in [1.29, 1.82) is 0 Å². The Morgan fingerprint density at radius 2 is 1.70 bits per heavy atom. The fraction of sp³-hybridized carbons (Fsp3) is 0.207. The molecule has 3 aromatic carbocycles. The number of rotatable bonds is 4. The summed E-state index contributed by atoms with van der Waals surface area (Å²) in [5.74, 6) is 0.684. The van der Waals surface area contributed by atoms with Gasteiger partial charge in [-0.15, -0.1) is 0 Å². The van der Waals surface area contributed by atoms with Gasteiger partial charge >= 0.3 is 0 Å². The van der Waals surface area contributed by atoms with E-state index in [1.165, 1.54) is 11.3 Å². The number of nitrogens with zero attached hydrogens (tertiary/aromatic N) is 2. The molecule has 0 saturated heterocycles. The molecule has 1 atom stereocenters. The highest BCUT2D eigenvalue weighted by molar-refractivity contribution is 7.22. The Bertz CT molecular complexity index is 1800. The summed E-state index contributed by atoms with van der Waals surface area (Å²) in [6.07, 6.45) is 0. The zero-order valence-electron chi connectivity index (χ0n) is 21.0. The summed E-state index contributed by atoms with van der Waals surface area (Å²) in [7, 11) is 3.11. The Hall–Kier alpha value is -4.17. The van der Waals surface area contributed by atoms with E-state index < -0.39 is 11.9 Å². The lowest BCUT2D eigenvalue weighted by Crippen LogP contribution is -2.29. The third-order valence-corrected chi connectivity index (χ3v) is 7.78. The number of thiazole rings is 1. The van der Waals surface area contributed by atoms with Crippen LogP contribution >= 0.6 is 11.3 Å². The van der Waals surface area contributed by atoms with Gasteiger partial charge in [-0.05, 0) is 67.8 Å². The summed E-state index contributed by atoms with van der Waals surface area (Å²) in [5.41, 5.74) is 5.04. The number of anilines is 1. The second kappa shape index (κ2) is 8.45. The van der Waals surface area contributed by atoms with Crippen LogP contribution < -0.4 is 19.8 Å². The van der Waals surface area contributed by atoms with Crippen molar-refractivity contribution >= 4 is 43.6 Å². The van der Waals surface area contributed by atoms with Crippen molar-refractivity contribution in [1.82, 2.24) is 4.98 Å². The average molecular weight is 513 g/mol. The van der Waals surface area contributed by atoms with Crippen molar-refractivity contribution in [3.8, 4) is 11.5 Å². The van der Waals surface area contributed by atoms with E-state index in [2.05, 4.69) is 12.1 Å². The monoisotopic (exact) mass is 512 g/mol. The van der Waals surface area contributed by atoms with Gasteiger partial charge in [-0.3, -0.25) is 14.5 Å². The van der Waals surface area contributed by atoms with Gasteiger partial charge in [0.05, 0.1) is 41.4 Å². The quantitative estimate of drug-likeness (QED) is 0.290. The molecule has 2 aromatic heterocycles. The van der Waals surface area contributed by atoms with Crippen molar-refractivity contribution in [2.45, 2.75) is 26.8 Å². The van der Waals surface area contributed by atoms with Gasteiger partial charge in [0.1, 0.15) is 5.58 Å². The summed E-state index contributed by atoms with van der Waals surface area (Å²) < 4.78 is 18.0. The topological polar surface area (TPSA) is 81.9 Å². The number of carbonyl (C=O) groups is 1. The summed E-state index contributed by atoms with van der Waals surface area (Å²) in [4.78, 5) is 34.3. The number of methoxy groups -OCH3 is 2. The van der Waals surface area contributed by atoms with E-state index in [4.69, 9.17) is 18.9 Å². The summed E-state index contributed by atoms with van der Waals surface area (Å²) in [5, 5.41) is 0.939. The van der Waals surface area contributed by atoms with Gasteiger partial charge in [-0.1, -0.05) is 35.1 Å². The van der Waals surface area contributed by atoms with Crippen LogP contribution in [0.1, 0.15) is 44.4 Å². The van der Waals surface area contributed by atoms with Crippen molar-refractivity contribution in [2.24, 2.45) is 0 Å². The maximum Gasteiger partial charge on any atom is 0.297 e. The number of fused-ring (bicyclic) bond motifs is 3. The van der Waals surface area contributed by atoms with Crippen LogP contribution in [0.3, 0.4) is 0 Å². The van der Waals surface area contributed by atoms with Gasteiger partial charge in [-0.2, -0.15) is 0 Å². The molecule has 0 fully saturated rings. The van der Waals surface area contributed by atoms with Crippen LogP contribution in [0.4, 0.5) is 5.13 Å². The Morgan fingerprint density at radius 1 is 0.919 bits per heavy atom. The van der Waals surface area contributed by atoms with Gasteiger partial charge in [0.25, 0.3) is 5.91 Å². The van der Waals surface area contributed by atoms with Gasteiger partial charge in [-0.25, -0.2) is 4.98 Å². The van der Waals surface area contributed by atoms with E-state index >= 15 is 0 Å². The highest BCUT2D eigenvalue weighted by Gasteiger charge is 2.45. The van der Waals surface area contributed by atoms with E-state index in [1.807, 2.05) is 32.9 Å². The summed E-state index contributed by atoms with van der Waals surface area (Å²) in [6, 6.07) is 14.2. The lowest BCUT2D eigenvalue weighted by Gasteiger charge is -2.23. The second-order valence-corrected chi connectivity index (χ2v) is 10.3. The minimum Gasteiger partial charge on any atom is -0.493 e. The first-order valence-corrected chi connectivity index (χ1v) is 12.6. The molecule has 1 aliphatic heterocycles. The van der Waals surface area contributed by atoms with Crippen molar-refractivity contribution in [3.05, 3.63) is 92.3 Å². The second-order valence-electron chi connectivity index (χ2n) is 9.29. The van der Waals surface area contributed by atoms with Crippen LogP contribution in [0.25, 0.3) is 21.2 Å². The number of benzene rings is 3. The van der Waals surface area contributed by atoms with E-state index in [0.29, 0.717) is 38.7 Å². The highest BCUT2D eigenvalue weighted by Crippen LogP contribution is 2.45. The fourth-order valence-corrected chi connectivity index (χ4v) is 6.25. The molecule has 37 heavy (non-hydrogen) atoms. The molecule has 0 spiro atoms. The van der Waals surface area contributed by atoms with Crippen molar-refractivity contribution in [2.75, 3.05) is 19.1 Å². The fourth-order valence-electron chi connectivity index (χ4n) is 5.08. The first-order valence-electron chi connectivity index (χ1n) is 11.8. The first kappa shape index (κ1) is 23.2. The normalized spacial score (nSPS) is 15.0. The van der Waals surface area contributed by atoms with E-state index in [0.717, 1.165) is 26.9 Å². The molecule has 0 bridgehead atoms. The Balaban J connectivity index is 1.65. The predicted octanol–water partition coefficient (Wildman–Crippen LogP) is 6.09. The molecule has 8 heteroatoms. The van der Waals surface area contributed by atoms with Gasteiger partial charge in [0, 0.05) is 0 Å². The largest absolute Gasteiger partial charge is 0.493 e. The van der Waals surface area contributed by atoms with Crippen LogP contribution in [-0.2, 0) is 0 Å². The Morgan fingerprint density at radius 3 is 2.46 bits per heavy atom. The molecule has 1 amide bonds. The van der Waals surface area contributed by atoms with Gasteiger partial charge < -0.3 is 13.9 Å². The molecule has 1 aliphatic rings. The minimum absolute atomic E-state index is 0.0355. The minimum atomic E-state index is -0.745. The standard InChI is InChI=1S/C29H24N2O5S/c1-14-6-8-19-18(11-14)26(32)23-25(17-7-9-20(34-4)21(13-17)35-5)31(28(33)27(23)36-19)29-30-24-16(3)10-15(2)12-22(24)37-29/h6-13,25H,1-5H3/t25-/m0/s1. The number of ether oxygens (including phenoxy) is 2. The third kappa shape index (κ3) is 3.51. The average Bonchev–Trinajstić information content (AvgIpc) is 3.43. The summed E-state index contributed by atoms with van der Waals surface area (Å²) in [6.45, 7) is 5.96. The number of aromatic nitrogens is 1. The number of hydrogen-bond donors (Lipinski definition) is 0. The van der Waals surface area contributed by atoms with E-state index in [1.54, 1.807) is 43.4 Å². The SMILES string of the molecule is COc1ccc([C@H]2c3c(oc4ccc(C)cc4c3=O)C(=O)N2c2nc3c(C)cc(C)cc3s2)cc1OC. The molecule has 186 valence electrons. The maximum atomic E-state index is 14.0. The van der Waals surface area contributed by atoms with Crippen LogP contribution in [0.15, 0.2) is 57.7 Å². The molecule has 0 saturated carbocycles. The van der Waals surface area contributed by atoms with Gasteiger partial charge in [0.2, 0.25) is 5.76 Å². The predicted molar refractivity (Wildman–Crippen MR) is 145 cm³/mol. The van der Waals surface area contributed by atoms with Crippen LogP contribution in [0.5, 0.6) is 11.5 Å². The van der Waals surface area contributed by atoms with Crippen LogP contribution in [0.2, 0.25) is 0 Å². The molecule has 5 aromatic rings. The van der Waals surface area contributed by atoms with Crippen molar-refractivity contribution < 1.29 is 18.7 Å². The number of aryl methyl sites for hydroxylation is 3. The van der Waals surface area contributed by atoms with Crippen molar-refractivity contribution in [3.63, 3.8) is 0 Å². The van der Waals surface area contributed by atoms with Crippen LogP contribution in [-0.4, -0.2) is 25.1 Å². The first-order chi connectivity index (χ1) is 17.8. The number of carbonyl (C=O) groups excluding carboxylic acids is 1. The molecular weight excluding hydrogens is 488 g/mol. The molecule has 0 unspecified atom stereocenters. The zero-order valence-corrected chi connectivity index (χ0v) is 21.9. The number of hydrogen-bond acceptors (Lipinski definition) is 7. The van der Waals surface area contributed by atoms with Crippen LogP contribution in [0, 0.1) is 20.8 Å². The maximum absolute atomic E-state index is 14.0. The Kier molecular flexibility index (Phi) is 5.31.